The molecular weight excluding hydrogens is 292 g/mol. The second kappa shape index (κ2) is 8.31. The number of aliphatic hydroxyl groups excluding tert-OH is 1. The second-order valence-corrected chi connectivity index (χ2v) is 6.71. The maximum absolute atomic E-state index is 11.5. The van der Waals surface area contributed by atoms with Gasteiger partial charge in [-0.05, 0) is 23.6 Å². The highest BCUT2D eigenvalue weighted by Crippen LogP contribution is 2.17. The molecule has 5 nitrogen and oxygen atoms in total. The summed E-state index contributed by atoms with van der Waals surface area (Å²) in [5.41, 5.74) is 1.16. The molecule has 0 radical (unpaired) electrons. The van der Waals surface area contributed by atoms with Gasteiger partial charge in [0.25, 0.3) is 0 Å². The van der Waals surface area contributed by atoms with Gasteiger partial charge in [0, 0.05) is 39.6 Å². The van der Waals surface area contributed by atoms with Crippen LogP contribution in [0.15, 0.2) is 24.3 Å². The molecular formula is C18H28N2O3. The molecule has 0 bridgehead atoms. The van der Waals surface area contributed by atoms with Crippen molar-refractivity contribution in [2.75, 3.05) is 32.8 Å². The Bertz CT molecular complexity index is 519. The molecule has 1 saturated heterocycles. The lowest BCUT2D eigenvalue weighted by Gasteiger charge is -2.21. The van der Waals surface area contributed by atoms with Crippen LogP contribution in [-0.4, -0.2) is 59.7 Å². The van der Waals surface area contributed by atoms with E-state index < -0.39 is 6.10 Å². The third-order valence-electron chi connectivity index (χ3n) is 3.92. The Labute approximate surface area is 138 Å². The summed E-state index contributed by atoms with van der Waals surface area (Å²) in [6.45, 7) is 9.71. The zero-order chi connectivity index (χ0) is 16.8. The average Bonchev–Trinajstić information content (AvgIpc) is 2.67. The van der Waals surface area contributed by atoms with Crippen LogP contribution < -0.4 is 4.74 Å². The summed E-state index contributed by atoms with van der Waals surface area (Å²) < 4.78 is 5.77. The highest BCUT2D eigenvalue weighted by atomic mass is 16.5. The van der Waals surface area contributed by atoms with Crippen molar-refractivity contribution >= 4 is 5.91 Å². The van der Waals surface area contributed by atoms with Crippen molar-refractivity contribution in [1.82, 2.24) is 9.80 Å². The van der Waals surface area contributed by atoms with E-state index in [1.807, 2.05) is 12.1 Å². The zero-order valence-corrected chi connectivity index (χ0v) is 14.4. The molecule has 1 fully saturated rings. The number of carbonyl (C=O) groups excluding carboxylic acids is 1. The molecule has 1 aliphatic heterocycles. The monoisotopic (exact) mass is 320 g/mol. The summed E-state index contributed by atoms with van der Waals surface area (Å²) in [5.74, 6) is 1.41. The first kappa shape index (κ1) is 17.8. The number of aliphatic hydroxyl groups is 1. The fourth-order valence-electron chi connectivity index (χ4n) is 2.74. The highest BCUT2D eigenvalue weighted by molar-refractivity contribution is 5.73. The molecule has 1 amide bonds. The van der Waals surface area contributed by atoms with Gasteiger partial charge in [0.2, 0.25) is 5.91 Å². The van der Waals surface area contributed by atoms with Crippen molar-refractivity contribution in [3.05, 3.63) is 29.8 Å². The Morgan fingerprint density at radius 2 is 2.13 bits per heavy atom. The van der Waals surface area contributed by atoms with E-state index in [1.54, 1.807) is 11.8 Å². The molecule has 1 aromatic carbocycles. The Kier molecular flexibility index (Phi) is 6.42. The molecule has 0 aromatic heterocycles. The number of rotatable bonds is 5. The number of β-amino-alcohol motifs (C(OH)–C–C–N with tert-alkyl or cyclic N) is 1. The third-order valence-corrected chi connectivity index (χ3v) is 3.92. The summed E-state index contributed by atoms with van der Waals surface area (Å²) in [6, 6.07) is 8.10. The molecule has 1 aliphatic rings. The number of carbonyl (C=O) groups is 1. The van der Waals surface area contributed by atoms with Crippen LogP contribution in [0.3, 0.4) is 0 Å². The summed E-state index contributed by atoms with van der Waals surface area (Å²) in [7, 11) is 0. The van der Waals surface area contributed by atoms with E-state index in [4.69, 9.17) is 4.74 Å². The van der Waals surface area contributed by atoms with Crippen molar-refractivity contribution in [2.24, 2.45) is 5.92 Å². The smallest absolute Gasteiger partial charge is 0.219 e. The molecule has 1 N–H and O–H groups in total. The number of hydrogen-bond donors (Lipinski definition) is 1. The average molecular weight is 320 g/mol. The number of nitrogens with zero attached hydrogens (tertiary/aromatic N) is 2. The van der Waals surface area contributed by atoms with Gasteiger partial charge < -0.3 is 14.7 Å². The quantitative estimate of drug-likeness (QED) is 0.898. The van der Waals surface area contributed by atoms with Gasteiger partial charge in [-0.15, -0.1) is 0 Å². The van der Waals surface area contributed by atoms with Gasteiger partial charge in [-0.3, -0.25) is 9.69 Å². The lowest BCUT2D eigenvalue weighted by molar-refractivity contribution is -0.129. The van der Waals surface area contributed by atoms with E-state index in [2.05, 4.69) is 30.9 Å². The van der Waals surface area contributed by atoms with Crippen LogP contribution in [0.2, 0.25) is 0 Å². The Morgan fingerprint density at radius 1 is 1.35 bits per heavy atom. The molecule has 1 aromatic rings. The maximum atomic E-state index is 11.5. The van der Waals surface area contributed by atoms with E-state index in [0.29, 0.717) is 32.2 Å². The van der Waals surface area contributed by atoms with Gasteiger partial charge in [-0.2, -0.15) is 0 Å². The molecule has 0 spiro atoms. The standard InChI is InChI=1S/C18H28N2O3/c1-14(2)13-23-18-6-4-5-16(9-18)10-19-7-8-20(15(3)21)12-17(22)11-19/h4-6,9,14,17,22H,7-8,10-13H2,1-3H3/t17-/m1/s1. The van der Waals surface area contributed by atoms with Gasteiger partial charge in [0.15, 0.2) is 0 Å². The number of benzene rings is 1. The first-order valence-corrected chi connectivity index (χ1v) is 8.31. The first-order valence-electron chi connectivity index (χ1n) is 8.31. The highest BCUT2D eigenvalue weighted by Gasteiger charge is 2.22. The van der Waals surface area contributed by atoms with Crippen LogP contribution in [0.4, 0.5) is 0 Å². The van der Waals surface area contributed by atoms with Gasteiger partial charge in [-0.25, -0.2) is 0 Å². The van der Waals surface area contributed by atoms with Crippen LogP contribution >= 0.6 is 0 Å². The summed E-state index contributed by atoms with van der Waals surface area (Å²) in [5, 5.41) is 10.1. The van der Waals surface area contributed by atoms with E-state index in [9.17, 15) is 9.90 Å². The minimum atomic E-state index is -0.498. The Balaban J connectivity index is 1.95. The van der Waals surface area contributed by atoms with E-state index in [-0.39, 0.29) is 5.91 Å². The van der Waals surface area contributed by atoms with Crippen molar-refractivity contribution in [1.29, 1.82) is 0 Å². The van der Waals surface area contributed by atoms with E-state index in [1.165, 1.54) is 0 Å². The molecule has 0 aliphatic carbocycles. The molecule has 1 heterocycles. The van der Waals surface area contributed by atoms with Crippen LogP contribution in [0.5, 0.6) is 5.75 Å². The number of hydrogen-bond acceptors (Lipinski definition) is 4. The van der Waals surface area contributed by atoms with Gasteiger partial charge >= 0.3 is 0 Å². The van der Waals surface area contributed by atoms with Gasteiger partial charge in [0.1, 0.15) is 5.75 Å². The van der Waals surface area contributed by atoms with Crippen LogP contribution in [0, 0.1) is 5.92 Å². The third kappa shape index (κ3) is 5.84. The molecule has 2 rings (SSSR count). The van der Waals surface area contributed by atoms with Crippen molar-refractivity contribution in [3.8, 4) is 5.75 Å². The molecule has 0 unspecified atom stereocenters. The van der Waals surface area contributed by atoms with E-state index in [0.717, 1.165) is 24.4 Å². The van der Waals surface area contributed by atoms with Crippen molar-refractivity contribution in [2.45, 2.75) is 33.4 Å². The predicted molar refractivity (Wildman–Crippen MR) is 90.3 cm³/mol. The van der Waals surface area contributed by atoms with Crippen LogP contribution in [0.1, 0.15) is 26.3 Å². The van der Waals surface area contributed by atoms with Crippen LogP contribution in [0.25, 0.3) is 0 Å². The largest absolute Gasteiger partial charge is 0.493 e. The molecule has 128 valence electrons. The number of amides is 1. The lowest BCUT2D eigenvalue weighted by atomic mass is 10.2. The molecule has 1 atom stereocenters. The predicted octanol–water partition coefficient (Wildman–Crippen LogP) is 1.75. The zero-order valence-electron chi connectivity index (χ0n) is 14.4. The summed E-state index contributed by atoms with van der Waals surface area (Å²) in [4.78, 5) is 15.4. The topological polar surface area (TPSA) is 53.0 Å². The normalized spacial score (nSPS) is 19.7. The summed E-state index contributed by atoms with van der Waals surface area (Å²) in [6.07, 6.45) is -0.498. The van der Waals surface area contributed by atoms with Crippen molar-refractivity contribution in [3.63, 3.8) is 0 Å². The lowest BCUT2D eigenvalue weighted by Crippen LogP contribution is -2.36. The van der Waals surface area contributed by atoms with Crippen LogP contribution in [-0.2, 0) is 11.3 Å². The minimum Gasteiger partial charge on any atom is -0.493 e. The van der Waals surface area contributed by atoms with Gasteiger partial charge in [0.05, 0.1) is 12.7 Å². The molecule has 5 heteroatoms. The second-order valence-electron chi connectivity index (χ2n) is 6.71. The Hall–Kier alpha value is -1.59. The molecule has 0 saturated carbocycles. The fraction of sp³-hybridized carbons (Fsp3) is 0.611. The first-order chi connectivity index (χ1) is 10.9. The summed E-state index contributed by atoms with van der Waals surface area (Å²) >= 11 is 0. The SMILES string of the molecule is CC(=O)N1CCN(Cc2cccc(OCC(C)C)c2)C[C@@H](O)C1. The minimum absolute atomic E-state index is 0.0231. The van der Waals surface area contributed by atoms with E-state index >= 15 is 0 Å². The fourth-order valence-corrected chi connectivity index (χ4v) is 2.74. The maximum Gasteiger partial charge on any atom is 0.219 e. The molecule has 23 heavy (non-hydrogen) atoms. The van der Waals surface area contributed by atoms with Crippen molar-refractivity contribution < 1.29 is 14.6 Å². The number of ether oxygens (including phenoxy) is 1. The van der Waals surface area contributed by atoms with Gasteiger partial charge in [-0.1, -0.05) is 26.0 Å². The Morgan fingerprint density at radius 3 is 2.83 bits per heavy atom.